The summed E-state index contributed by atoms with van der Waals surface area (Å²) in [6.07, 6.45) is 26.8. The summed E-state index contributed by atoms with van der Waals surface area (Å²) in [7, 11) is 1.26. The average molecular weight is 809 g/mol. The number of allylic oxidation sites excluding steroid dienone is 20. The lowest BCUT2D eigenvalue weighted by atomic mass is 9.71. The van der Waals surface area contributed by atoms with Crippen molar-refractivity contribution in [3.05, 3.63) is 130 Å². The van der Waals surface area contributed by atoms with Crippen molar-refractivity contribution in [1.29, 1.82) is 0 Å². The van der Waals surface area contributed by atoms with E-state index in [1.807, 2.05) is 140 Å². The van der Waals surface area contributed by atoms with Crippen LogP contribution in [0.3, 0.4) is 0 Å². The molecule has 0 aliphatic heterocycles. The van der Waals surface area contributed by atoms with Crippen LogP contribution >= 0.6 is 0 Å². The van der Waals surface area contributed by atoms with E-state index in [1.165, 1.54) is 14.0 Å². The maximum atomic E-state index is 13.1. The van der Waals surface area contributed by atoms with Crippen molar-refractivity contribution in [2.75, 3.05) is 7.11 Å². The number of carbonyl (C=O) groups is 6. The second-order valence-corrected chi connectivity index (χ2v) is 16.6. The molecule has 0 aromatic heterocycles. The van der Waals surface area contributed by atoms with Gasteiger partial charge in [0.2, 0.25) is 0 Å². The number of ether oxygens (including phenoxy) is 3. The van der Waals surface area contributed by atoms with E-state index in [4.69, 9.17) is 9.47 Å². The Labute approximate surface area is 351 Å². The van der Waals surface area contributed by atoms with Gasteiger partial charge in [0, 0.05) is 19.3 Å². The third-order valence-corrected chi connectivity index (χ3v) is 10.3. The Balaban J connectivity index is 1.97. The molecule has 318 valence electrons. The predicted octanol–water partition coefficient (Wildman–Crippen LogP) is 10.3. The molecule has 0 radical (unpaired) electrons. The summed E-state index contributed by atoms with van der Waals surface area (Å²) in [4.78, 5) is 73.2. The van der Waals surface area contributed by atoms with Crippen molar-refractivity contribution in [1.82, 2.24) is 0 Å². The highest BCUT2D eigenvalue weighted by atomic mass is 16.6. The van der Waals surface area contributed by atoms with Gasteiger partial charge in [-0.1, -0.05) is 135 Å². The Morgan fingerprint density at radius 2 is 0.881 bits per heavy atom. The molecule has 0 saturated carbocycles. The fraction of sp³-hybridized carbons (Fsp3) is 0.440. The molecular formula is C50H64O9. The average Bonchev–Trinajstić information content (AvgIpc) is 3.15. The minimum absolute atomic E-state index is 0.0211. The van der Waals surface area contributed by atoms with E-state index >= 15 is 0 Å². The number of hydrogen-bond donors (Lipinski definition) is 0. The van der Waals surface area contributed by atoms with Crippen LogP contribution < -0.4 is 0 Å². The molecule has 0 heterocycles. The summed E-state index contributed by atoms with van der Waals surface area (Å²) in [5.41, 5.74) is 6.33. The Morgan fingerprint density at radius 1 is 0.542 bits per heavy atom. The van der Waals surface area contributed by atoms with Gasteiger partial charge in [-0.25, -0.2) is 0 Å². The Bertz CT molecular complexity index is 1970. The van der Waals surface area contributed by atoms with Crippen LogP contribution in [-0.2, 0) is 43.0 Å². The van der Waals surface area contributed by atoms with Crippen molar-refractivity contribution in [3.63, 3.8) is 0 Å². The first-order valence-electron chi connectivity index (χ1n) is 20.1. The number of carbonyl (C=O) groups excluding carboxylic acids is 6. The topological polar surface area (TPSA) is 130 Å². The van der Waals surface area contributed by atoms with E-state index < -0.39 is 35.5 Å². The summed E-state index contributed by atoms with van der Waals surface area (Å²) in [5.74, 6) is -2.14. The number of esters is 3. The smallest absolute Gasteiger partial charge is 0.307 e. The van der Waals surface area contributed by atoms with Crippen LogP contribution in [0, 0.1) is 10.8 Å². The molecule has 2 aliphatic carbocycles. The number of rotatable bonds is 18. The molecule has 0 N–H and O–H groups in total. The van der Waals surface area contributed by atoms with Crippen molar-refractivity contribution in [2.24, 2.45) is 10.8 Å². The number of ketones is 3. The molecule has 2 rings (SSSR count). The zero-order valence-electron chi connectivity index (χ0n) is 37.2. The van der Waals surface area contributed by atoms with E-state index in [9.17, 15) is 28.8 Å². The molecule has 0 fully saturated rings. The summed E-state index contributed by atoms with van der Waals surface area (Å²) >= 11 is 0. The molecular weight excluding hydrogens is 745 g/mol. The third kappa shape index (κ3) is 16.8. The normalized spacial score (nSPS) is 20.9. The minimum atomic E-state index is -0.880. The molecule has 2 aliphatic rings. The highest BCUT2D eigenvalue weighted by molar-refractivity contribution is 6.02. The highest BCUT2D eigenvalue weighted by Gasteiger charge is 2.41. The summed E-state index contributed by atoms with van der Waals surface area (Å²) in [5, 5.41) is 0. The monoisotopic (exact) mass is 808 g/mol. The molecule has 9 nitrogen and oxygen atoms in total. The van der Waals surface area contributed by atoms with Crippen LogP contribution in [-0.4, -0.2) is 54.6 Å². The van der Waals surface area contributed by atoms with Gasteiger partial charge in [-0.05, 0) is 81.6 Å². The first-order valence-corrected chi connectivity index (χ1v) is 20.1. The molecule has 0 saturated heterocycles. The Hall–Kier alpha value is -5.44. The standard InChI is InChI=1S/C50H64O9/c1-33(19-15-21-35(3)23-26-40-38(6)47(55)42(31-49(40,8)9)58-45(53)28-25-37(5)51)17-13-14-18-34(2)20-16-22-36(4)24-27-41-39(7)48(56)43(32-50(41,10)11)59-46(54)30-29-44(52)57-12/h13-24,26-27,42-43H,25,28-32H2,1-12H3/b14-13+,19-15?,20-16?,26-23+,27-24+,33-17+,34-18?,35-21?,36-22+. The lowest BCUT2D eigenvalue weighted by molar-refractivity contribution is -0.157. The maximum absolute atomic E-state index is 13.1. The largest absolute Gasteiger partial charge is 0.469 e. The number of methoxy groups -OCH3 is 1. The van der Waals surface area contributed by atoms with Crippen molar-refractivity contribution >= 4 is 35.3 Å². The minimum Gasteiger partial charge on any atom is -0.469 e. The summed E-state index contributed by atoms with van der Waals surface area (Å²) < 4.78 is 15.5. The zero-order valence-corrected chi connectivity index (χ0v) is 37.2. The van der Waals surface area contributed by atoms with Crippen LogP contribution in [0.15, 0.2) is 130 Å². The highest BCUT2D eigenvalue weighted by Crippen LogP contribution is 2.42. The van der Waals surface area contributed by atoms with E-state index in [2.05, 4.69) is 4.74 Å². The molecule has 0 bridgehead atoms. The third-order valence-electron chi connectivity index (χ3n) is 10.3. The van der Waals surface area contributed by atoms with Gasteiger partial charge in [-0.2, -0.15) is 0 Å². The molecule has 0 amide bonds. The maximum Gasteiger partial charge on any atom is 0.307 e. The molecule has 0 aromatic rings. The van der Waals surface area contributed by atoms with Gasteiger partial charge in [0.15, 0.2) is 23.8 Å². The SMILES string of the molecule is COC(=O)CCC(=O)OC1CC(C)(C)C(/C=C/C(C)=C/C=CC(C)=C/C=C/C=C(\C)C=CC=C(C)/C=C/C2=C(C)C(=O)C(OC(=O)CCC(C)=O)CC2(C)C)=C(C)C1=O. The van der Waals surface area contributed by atoms with Gasteiger partial charge >= 0.3 is 17.9 Å². The lowest BCUT2D eigenvalue weighted by Crippen LogP contribution is -2.39. The first-order chi connectivity index (χ1) is 27.6. The van der Waals surface area contributed by atoms with Crippen LogP contribution in [0.1, 0.15) is 115 Å². The predicted molar refractivity (Wildman–Crippen MR) is 234 cm³/mol. The molecule has 9 heteroatoms. The summed E-state index contributed by atoms with van der Waals surface area (Å²) in [6.45, 7) is 21.1. The zero-order chi connectivity index (χ0) is 44.5. The fourth-order valence-corrected chi connectivity index (χ4v) is 6.78. The molecule has 59 heavy (non-hydrogen) atoms. The van der Waals surface area contributed by atoms with Crippen LogP contribution in [0.2, 0.25) is 0 Å². The van der Waals surface area contributed by atoms with E-state index in [-0.39, 0.29) is 48.4 Å². The van der Waals surface area contributed by atoms with E-state index in [1.54, 1.807) is 13.8 Å². The number of Topliss-reactive ketones (excluding diaryl/α,β-unsaturated/α-hetero) is 3. The van der Waals surface area contributed by atoms with Gasteiger partial charge in [0.25, 0.3) is 0 Å². The fourth-order valence-electron chi connectivity index (χ4n) is 6.78. The van der Waals surface area contributed by atoms with Crippen LogP contribution in [0.4, 0.5) is 0 Å². The summed E-state index contributed by atoms with van der Waals surface area (Å²) in [6, 6.07) is 0. The van der Waals surface area contributed by atoms with Crippen molar-refractivity contribution in [2.45, 2.75) is 127 Å². The van der Waals surface area contributed by atoms with Crippen molar-refractivity contribution < 1.29 is 43.0 Å². The lowest BCUT2D eigenvalue weighted by Gasteiger charge is -2.36. The second kappa shape index (κ2) is 23.2. The molecule has 2 atom stereocenters. The van der Waals surface area contributed by atoms with Crippen LogP contribution in [0.25, 0.3) is 0 Å². The van der Waals surface area contributed by atoms with Gasteiger partial charge in [0.1, 0.15) is 5.78 Å². The van der Waals surface area contributed by atoms with Gasteiger partial charge in [0.05, 0.1) is 26.4 Å². The van der Waals surface area contributed by atoms with Gasteiger partial charge in [-0.3, -0.25) is 24.0 Å². The van der Waals surface area contributed by atoms with E-state index in [0.29, 0.717) is 24.0 Å². The Kier molecular flexibility index (Phi) is 19.6. The van der Waals surface area contributed by atoms with Crippen molar-refractivity contribution in [3.8, 4) is 0 Å². The second-order valence-electron chi connectivity index (χ2n) is 16.6. The van der Waals surface area contributed by atoms with Gasteiger partial charge in [-0.15, -0.1) is 0 Å². The van der Waals surface area contributed by atoms with E-state index in [0.717, 1.165) is 33.4 Å². The quantitative estimate of drug-likeness (QED) is 0.0754. The first kappa shape index (κ1) is 49.7. The Morgan fingerprint density at radius 3 is 1.25 bits per heavy atom. The number of hydrogen-bond acceptors (Lipinski definition) is 9. The molecule has 0 spiro atoms. The molecule has 2 unspecified atom stereocenters. The molecule has 0 aromatic carbocycles. The van der Waals surface area contributed by atoms with Crippen LogP contribution in [0.5, 0.6) is 0 Å². The van der Waals surface area contributed by atoms with Gasteiger partial charge < -0.3 is 19.0 Å².